The van der Waals surface area contributed by atoms with Crippen molar-refractivity contribution in [2.24, 2.45) is 5.41 Å². The van der Waals surface area contributed by atoms with Crippen molar-refractivity contribution >= 4 is 5.97 Å². The van der Waals surface area contributed by atoms with Crippen LogP contribution in [0.2, 0.25) is 0 Å². The topological polar surface area (TPSA) is 98.0 Å². The quantitative estimate of drug-likeness (QED) is 0.257. The normalized spacial score (nSPS) is 17.2. The Kier molecular flexibility index (Phi) is 12.0. The maximum Gasteiger partial charge on any atom is 0.309 e. The molecule has 5 heteroatoms. The fourth-order valence-electron chi connectivity index (χ4n) is 2.80. The molecule has 0 bridgehead atoms. The van der Waals surface area contributed by atoms with Crippen LogP contribution >= 0.6 is 0 Å². The highest BCUT2D eigenvalue weighted by atomic mass is 16.4. The Morgan fingerprint density at radius 2 is 1.54 bits per heavy atom. The third-order valence-electron chi connectivity index (χ3n) is 5.04. The predicted octanol–water partition coefficient (Wildman–Crippen LogP) is 4.05. The van der Waals surface area contributed by atoms with E-state index in [9.17, 15) is 20.1 Å². The minimum atomic E-state index is -1.53. The standard InChI is InChI=1S/C21H40O5/c1-5-6-7-8-9-10-11-12-13-15-21(4,26)18(23)17(22)14-16-20(2,3)19(24)25/h13,15,17-18,22-23,26H,5-12,14,16H2,1-4H3,(H,24,25)/b15-13-. The molecule has 0 aromatic heterocycles. The van der Waals surface area contributed by atoms with Crippen LogP contribution in [0.5, 0.6) is 0 Å². The van der Waals surface area contributed by atoms with Crippen molar-refractivity contribution in [2.45, 2.75) is 110 Å². The van der Waals surface area contributed by atoms with E-state index >= 15 is 0 Å². The molecule has 0 saturated heterocycles. The van der Waals surface area contributed by atoms with Crippen LogP contribution in [0.15, 0.2) is 12.2 Å². The van der Waals surface area contributed by atoms with Gasteiger partial charge < -0.3 is 20.4 Å². The molecule has 0 radical (unpaired) electrons. The van der Waals surface area contributed by atoms with Gasteiger partial charge in [-0.1, -0.05) is 57.6 Å². The summed E-state index contributed by atoms with van der Waals surface area (Å²) in [5.41, 5.74) is -2.51. The first-order chi connectivity index (χ1) is 12.0. The molecule has 0 amide bonds. The molecule has 0 aliphatic heterocycles. The Morgan fingerprint density at radius 1 is 1.00 bits per heavy atom. The van der Waals surface area contributed by atoms with Gasteiger partial charge in [-0.15, -0.1) is 0 Å². The second-order valence-electron chi connectivity index (χ2n) is 8.28. The molecule has 5 nitrogen and oxygen atoms in total. The number of unbranched alkanes of at least 4 members (excludes halogenated alkanes) is 7. The minimum absolute atomic E-state index is 0.113. The molecule has 0 saturated carbocycles. The second-order valence-corrected chi connectivity index (χ2v) is 8.28. The van der Waals surface area contributed by atoms with Gasteiger partial charge in [0.1, 0.15) is 11.7 Å². The van der Waals surface area contributed by atoms with Gasteiger partial charge in [0.2, 0.25) is 0 Å². The highest BCUT2D eigenvalue weighted by Crippen LogP contribution is 2.26. The van der Waals surface area contributed by atoms with Crippen LogP contribution in [0, 0.1) is 5.41 Å². The summed E-state index contributed by atoms with van der Waals surface area (Å²) in [6.45, 7) is 6.82. The smallest absolute Gasteiger partial charge is 0.309 e. The van der Waals surface area contributed by atoms with E-state index in [0.717, 1.165) is 19.3 Å². The van der Waals surface area contributed by atoms with Crippen molar-refractivity contribution in [2.75, 3.05) is 0 Å². The first-order valence-corrected chi connectivity index (χ1v) is 10.0. The summed E-state index contributed by atoms with van der Waals surface area (Å²) in [4.78, 5) is 11.1. The average Bonchev–Trinajstić information content (AvgIpc) is 2.57. The number of aliphatic hydroxyl groups excluding tert-OH is 2. The van der Waals surface area contributed by atoms with Crippen LogP contribution in [0.1, 0.15) is 91.9 Å². The summed E-state index contributed by atoms with van der Waals surface area (Å²) in [5, 5.41) is 39.8. The summed E-state index contributed by atoms with van der Waals surface area (Å²) in [6.07, 6.45) is 10.6. The van der Waals surface area contributed by atoms with Crippen LogP contribution in [0.3, 0.4) is 0 Å². The van der Waals surface area contributed by atoms with Crippen molar-refractivity contribution in [3.63, 3.8) is 0 Å². The first-order valence-electron chi connectivity index (χ1n) is 10.0. The summed E-state index contributed by atoms with van der Waals surface area (Å²) in [6, 6.07) is 0. The number of allylic oxidation sites excluding steroid dienone is 1. The Morgan fingerprint density at radius 3 is 2.08 bits per heavy atom. The van der Waals surface area contributed by atoms with Crippen molar-refractivity contribution in [1.29, 1.82) is 0 Å². The van der Waals surface area contributed by atoms with E-state index in [1.54, 1.807) is 19.9 Å². The second kappa shape index (κ2) is 12.5. The van der Waals surface area contributed by atoms with E-state index in [0.29, 0.717) is 0 Å². The molecule has 0 aromatic carbocycles. The Labute approximate surface area is 159 Å². The number of rotatable bonds is 15. The fourth-order valence-corrected chi connectivity index (χ4v) is 2.80. The van der Waals surface area contributed by atoms with Gasteiger partial charge in [0, 0.05) is 0 Å². The molecule has 0 spiro atoms. The van der Waals surface area contributed by atoms with Gasteiger partial charge in [0.25, 0.3) is 0 Å². The molecule has 154 valence electrons. The maximum atomic E-state index is 11.1. The van der Waals surface area contributed by atoms with Gasteiger partial charge in [0.05, 0.1) is 11.5 Å². The number of hydrogen-bond acceptors (Lipinski definition) is 4. The summed E-state index contributed by atoms with van der Waals surface area (Å²) in [5.74, 6) is -0.944. The SMILES string of the molecule is CCCCCCCCC/C=C\C(C)(O)C(O)C(O)CCC(C)(C)C(=O)O. The third-order valence-corrected chi connectivity index (χ3v) is 5.04. The zero-order chi connectivity index (χ0) is 20.2. The van der Waals surface area contributed by atoms with Gasteiger partial charge in [-0.25, -0.2) is 0 Å². The van der Waals surface area contributed by atoms with E-state index in [4.69, 9.17) is 5.11 Å². The van der Waals surface area contributed by atoms with E-state index in [1.807, 2.05) is 6.08 Å². The van der Waals surface area contributed by atoms with Crippen LogP contribution in [-0.2, 0) is 4.79 Å². The predicted molar refractivity (Wildman–Crippen MR) is 105 cm³/mol. The largest absolute Gasteiger partial charge is 0.481 e. The van der Waals surface area contributed by atoms with Crippen LogP contribution in [0.4, 0.5) is 0 Å². The van der Waals surface area contributed by atoms with Gasteiger partial charge in [0.15, 0.2) is 0 Å². The van der Waals surface area contributed by atoms with Crippen molar-refractivity contribution in [3.05, 3.63) is 12.2 Å². The van der Waals surface area contributed by atoms with E-state index < -0.39 is 29.2 Å². The highest BCUT2D eigenvalue weighted by Gasteiger charge is 2.35. The highest BCUT2D eigenvalue weighted by molar-refractivity contribution is 5.73. The zero-order valence-corrected chi connectivity index (χ0v) is 17.1. The molecule has 0 aromatic rings. The maximum absolute atomic E-state index is 11.1. The molecule has 0 heterocycles. The monoisotopic (exact) mass is 372 g/mol. The molecular weight excluding hydrogens is 332 g/mol. The zero-order valence-electron chi connectivity index (χ0n) is 17.1. The number of hydrogen-bond donors (Lipinski definition) is 4. The fraction of sp³-hybridized carbons (Fsp3) is 0.857. The molecular formula is C21H40O5. The molecule has 0 fully saturated rings. The first kappa shape index (κ1) is 25.1. The molecule has 0 aliphatic carbocycles. The lowest BCUT2D eigenvalue weighted by Gasteiger charge is -2.31. The van der Waals surface area contributed by atoms with Crippen molar-refractivity contribution in [1.82, 2.24) is 0 Å². The van der Waals surface area contributed by atoms with E-state index in [-0.39, 0.29) is 12.8 Å². The van der Waals surface area contributed by atoms with Crippen molar-refractivity contribution in [3.8, 4) is 0 Å². The van der Waals surface area contributed by atoms with E-state index in [2.05, 4.69) is 6.92 Å². The lowest BCUT2D eigenvalue weighted by molar-refractivity contribution is -0.148. The van der Waals surface area contributed by atoms with Crippen LogP contribution in [0.25, 0.3) is 0 Å². The molecule has 3 unspecified atom stereocenters. The van der Waals surface area contributed by atoms with Gasteiger partial charge in [-0.2, -0.15) is 0 Å². The van der Waals surface area contributed by atoms with Crippen LogP contribution in [-0.4, -0.2) is 44.2 Å². The average molecular weight is 373 g/mol. The molecule has 26 heavy (non-hydrogen) atoms. The summed E-state index contributed by atoms with van der Waals surface area (Å²) in [7, 11) is 0. The molecule has 4 N–H and O–H groups in total. The molecule has 0 aliphatic rings. The number of aliphatic carboxylic acids is 1. The van der Waals surface area contributed by atoms with Gasteiger partial charge in [-0.05, 0) is 46.5 Å². The minimum Gasteiger partial charge on any atom is -0.481 e. The number of carbonyl (C=O) groups is 1. The lowest BCUT2D eigenvalue weighted by atomic mass is 9.84. The summed E-state index contributed by atoms with van der Waals surface area (Å²) >= 11 is 0. The van der Waals surface area contributed by atoms with Crippen LogP contribution < -0.4 is 0 Å². The Hall–Kier alpha value is -0.910. The lowest BCUT2D eigenvalue weighted by Crippen LogP contribution is -2.46. The van der Waals surface area contributed by atoms with Gasteiger partial charge in [-0.3, -0.25) is 4.79 Å². The van der Waals surface area contributed by atoms with Gasteiger partial charge >= 0.3 is 5.97 Å². The number of carboxylic acids is 1. The summed E-state index contributed by atoms with van der Waals surface area (Å²) < 4.78 is 0. The third kappa shape index (κ3) is 10.3. The Bertz CT molecular complexity index is 415. The number of aliphatic hydroxyl groups is 3. The van der Waals surface area contributed by atoms with E-state index in [1.165, 1.54) is 39.0 Å². The number of carboxylic acid groups (broad SMARTS) is 1. The van der Waals surface area contributed by atoms with Crippen molar-refractivity contribution < 1.29 is 25.2 Å². The molecule has 3 atom stereocenters. The molecule has 0 rings (SSSR count). The Balaban J connectivity index is 4.20.